The molecule has 1 amide bonds. The predicted octanol–water partition coefficient (Wildman–Crippen LogP) is -1.26. The van der Waals surface area contributed by atoms with Gasteiger partial charge in [0.1, 0.15) is 5.70 Å². The van der Waals surface area contributed by atoms with Crippen LogP contribution in [0.2, 0.25) is 0 Å². The minimum atomic E-state index is -1.10. The Labute approximate surface area is 146 Å². The normalized spacial score (nSPS) is 33.2. The maximum absolute atomic E-state index is 12.3. The zero-order valence-electron chi connectivity index (χ0n) is 14.4. The van der Waals surface area contributed by atoms with Crippen LogP contribution in [0.1, 0.15) is 20.3 Å². The highest BCUT2D eigenvalue weighted by atomic mass is 16.4. The molecule has 9 heteroatoms. The number of hydrogen-bond acceptors (Lipinski definition) is 5. The molecule has 0 aromatic heterocycles. The third kappa shape index (κ3) is 2.87. The molecule has 3 rings (SSSR count). The molecule has 0 bridgehead atoms. The van der Waals surface area contributed by atoms with Crippen LogP contribution < -0.4 is 11.1 Å². The first-order valence-corrected chi connectivity index (χ1v) is 8.52. The summed E-state index contributed by atoms with van der Waals surface area (Å²) in [6, 6.07) is -0.200. The average molecular weight is 351 g/mol. The van der Waals surface area contributed by atoms with Gasteiger partial charge in [-0.05, 0) is 18.9 Å². The fourth-order valence-corrected chi connectivity index (χ4v) is 4.41. The summed E-state index contributed by atoms with van der Waals surface area (Å²) in [6.07, 6.45) is 0.0352. The molecule has 138 valence electrons. The second-order valence-corrected chi connectivity index (χ2v) is 7.21. The number of amides is 1. The fourth-order valence-electron chi connectivity index (χ4n) is 4.41. The molecule has 0 spiro atoms. The topological polar surface area (TPSA) is 143 Å². The number of likely N-dealkylation sites (tertiary alicyclic amines) is 1. The van der Waals surface area contributed by atoms with E-state index in [4.69, 9.17) is 11.1 Å². The first-order chi connectivity index (χ1) is 11.7. The van der Waals surface area contributed by atoms with Crippen LogP contribution in [-0.4, -0.2) is 75.7 Å². The Hall–Kier alpha value is -2.13. The number of aliphatic hydroxyl groups excluding tert-OH is 1. The van der Waals surface area contributed by atoms with Gasteiger partial charge in [-0.3, -0.25) is 15.1 Å². The second-order valence-electron chi connectivity index (χ2n) is 7.21. The molecule has 1 unspecified atom stereocenters. The molecular weight excluding hydrogens is 326 g/mol. The Balaban J connectivity index is 1.77. The molecule has 0 aromatic rings. The Bertz CT molecular complexity index is 646. The van der Waals surface area contributed by atoms with Crippen molar-refractivity contribution in [1.82, 2.24) is 15.1 Å². The van der Waals surface area contributed by atoms with Crippen LogP contribution >= 0.6 is 0 Å². The first kappa shape index (κ1) is 17.7. The Morgan fingerprint density at radius 3 is 2.76 bits per heavy atom. The first-order valence-electron chi connectivity index (χ1n) is 8.52. The van der Waals surface area contributed by atoms with Crippen LogP contribution in [0.5, 0.6) is 0 Å². The van der Waals surface area contributed by atoms with Gasteiger partial charge in [-0.25, -0.2) is 4.79 Å². The Kier molecular flexibility index (Phi) is 4.46. The highest BCUT2D eigenvalue weighted by Crippen LogP contribution is 2.47. The van der Waals surface area contributed by atoms with Crippen LogP contribution in [0, 0.1) is 17.2 Å². The minimum absolute atomic E-state index is 0.0685. The van der Waals surface area contributed by atoms with Crippen molar-refractivity contribution in [3.8, 4) is 0 Å². The van der Waals surface area contributed by atoms with E-state index in [1.165, 1.54) is 4.90 Å². The summed E-state index contributed by atoms with van der Waals surface area (Å²) in [5.41, 5.74) is 6.17. The molecule has 0 aliphatic carbocycles. The second kappa shape index (κ2) is 6.30. The predicted molar refractivity (Wildman–Crippen MR) is 89.5 cm³/mol. The molecule has 9 nitrogen and oxygen atoms in total. The number of carbonyl (C=O) groups excluding carboxylic acids is 1. The van der Waals surface area contributed by atoms with Gasteiger partial charge in [0.15, 0.2) is 5.96 Å². The number of carbonyl (C=O) groups is 2. The van der Waals surface area contributed by atoms with Crippen LogP contribution in [0.3, 0.4) is 0 Å². The van der Waals surface area contributed by atoms with Crippen LogP contribution in [-0.2, 0) is 9.59 Å². The average Bonchev–Trinajstić information content (AvgIpc) is 3.01. The van der Waals surface area contributed by atoms with E-state index in [1.807, 2.05) is 6.92 Å². The molecule has 0 aromatic carbocycles. The highest BCUT2D eigenvalue weighted by Gasteiger charge is 2.59. The zero-order chi connectivity index (χ0) is 18.5. The number of guanidine groups is 1. The number of β-lactam (4-membered cyclic amide) rings is 1. The lowest BCUT2D eigenvalue weighted by Gasteiger charge is -2.46. The van der Waals surface area contributed by atoms with Crippen molar-refractivity contribution in [2.24, 2.45) is 17.6 Å². The Morgan fingerprint density at radius 1 is 1.52 bits per heavy atom. The molecule has 0 radical (unpaired) electrons. The highest BCUT2D eigenvalue weighted by molar-refractivity contribution is 6.00. The summed E-state index contributed by atoms with van der Waals surface area (Å²) in [7, 11) is 0. The van der Waals surface area contributed by atoms with Gasteiger partial charge in [0.25, 0.3) is 0 Å². The van der Waals surface area contributed by atoms with Gasteiger partial charge in [-0.15, -0.1) is 0 Å². The number of carboxylic acid groups (broad SMARTS) is 1. The summed E-state index contributed by atoms with van der Waals surface area (Å²) in [4.78, 5) is 27.5. The number of rotatable bonds is 5. The number of carboxylic acids is 1. The van der Waals surface area contributed by atoms with Crippen molar-refractivity contribution in [2.75, 3.05) is 19.6 Å². The number of nitrogens with zero attached hydrogens (tertiary/aromatic N) is 2. The summed E-state index contributed by atoms with van der Waals surface area (Å²) in [5, 5.41) is 29.7. The van der Waals surface area contributed by atoms with Crippen LogP contribution in [0.15, 0.2) is 11.3 Å². The zero-order valence-corrected chi connectivity index (χ0v) is 14.4. The molecular formula is C16H25N5O4. The molecule has 3 aliphatic rings. The molecule has 2 fully saturated rings. The Morgan fingerprint density at radius 2 is 2.20 bits per heavy atom. The van der Waals surface area contributed by atoms with Gasteiger partial charge in [0.05, 0.1) is 18.1 Å². The van der Waals surface area contributed by atoms with Gasteiger partial charge in [0, 0.05) is 31.6 Å². The quantitative estimate of drug-likeness (QED) is 0.236. The number of aliphatic carboxylic acids is 1. The summed E-state index contributed by atoms with van der Waals surface area (Å²) in [5.74, 6) is -2.12. The van der Waals surface area contributed by atoms with E-state index >= 15 is 0 Å². The number of fused-ring (bicyclic) bond motifs is 1. The van der Waals surface area contributed by atoms with Crippen LogP contribution in [0.25, 0.3) is 0 Å². The molecule has 6 N–H and O–H groups in total. The van der Waals surface area contributed by atoms with Gasteiger partial charge in [0.2, 0.25) is 5.91 Å². The summed E-state index contributed by atoms with van der Waals surface area (Å²) < 4.78 is 0. The van der Waals surface area contributed by atoms with Crippen molar-refractivity contribution >= 4 is 17.8 Å². The largest absolute Gasteiger partial charge is 0.477 e. The SMILES string of the molecule is C[C@@H](O)C1C(=O)N2C(C(=O)O)=C(CN3CC[C@@H](NC(=N)N)C3)[C@H](C)[C@H]12. The van der Waals surface area contributed by atoms with Crippen molar-refractivity contribution in [2.45, 2.75) is 38.5 Å². The molecule has 0 saturated carbocycles. The number of nitrogens with one attached hydrogen (secondary N) is 2. The molecule has 5 atom stereocenters. The molecule has 3 aliphatic heterocycles. The van der Waals surface area contributed by atoms with E-state index in [-0.39, 0.29) is 35.6 Å². The van der Waals surface area contributed by atoms with Gasteiger partial charge < -0.3 is 26.2 Å². The summed E-state index contributed by atoms with van der Waals surface area (Å²) >= 11 is 0. The minimum Gasteiger partial charge on any atom is -0.477 e. The third-order valence-electron chi connectivity index (χ3n) is 5.54. The van der Waals surface area contributed by atoms with Crippen molar-refractivity contribution in [3.63, 3.8) is 0 Å². The van der Waals surface area contributed by atoms with E-state index < -0.39 is 18.0 Å². The maximum Gasteiger partial charge on any atom is 0.352 e. The van der Waals surface area contributed by atoms with Crippen molar-refractivity contribution < 1.29 is 19.8 Å². The summed E-state index contributed by atoms with van der Waals surface area (Å²) in [6.45, 7) is 5.40. The molecule has 25 heavy (non-hydrogen) atoms. The van der Waals surface area contributed by atoms with E-state index in [0.717, 1.165) is 18.5 Å². The van der Waals surface area contributed by atoms with Gasteiger partial charge in [-0.1, -0.05) is 6.92 Å². The van der Waals surface area contributed by atoms with Crippen molar-refractivity contribution in [3.05, 3.63) is 11.3 Å². The maximum atomic E-state index is 12.3. The number of hydrogen-bond donors (Lipinski definition) is 5. The number of nitrogens with two attached hydrogens (primary N) is 1. The van der Waals surface area contributed by atoms with E-state index in [2.05, 4.69) is 10.2 Å². The van der Waals surface area contributed by atoms with E-state index in [0.29, 0.717) is 13.1 Å². The van der Waals surface area contributed by atoms with Crippen molar-refractivity contribution in [1.29, 1.82) is 5.41 Å². The van der Waals surface area contributed by atoms with E-state index in [1.54, 1.807) is 6.92 Å². The smallest absolute Gasteiger partial charge is 0.352 e. The van der Waals surface area contributed by atoms with Gasteiger partial charge >= 0.3 is 5.97 Å². The van der Waals surface area contributed by atoms with Crippen LogP contribution in [0.4, 0.5) is 0 Å². The monoisotopic (exact) mass is 351 g/mol. The van der Waals surface area contributed by atoms with E-state index in [9.17, 15) is 19.8 Å². The lowest BCUT2D eigenvalue weighted by molar-refractivity contribution is -0.163. The lowest BCUT2D eigenvalue weighted by atomic mass is 9.77. The van der Waals surface area contributed by atoms with Gasteiger partial charge in [-0.2, -0.15) is 0 Å². The number of aliphatic hydroxyl groups is 1. The fraction of sp³-hybridized carbons (Fsp3) is 0.688. The molecule has 3 heterocycles. The third-order valence-corrected chi connectivity index (χ3v) is 5.54. The standard InChI is InChI=1S/C16H25N5O4/c1-7-10(6-20-4-3-9(5-20)19-16(17)18)13(15(24)25)21-12(7)11(8(2)22)14(21)23/h7-9,11-12,22H,3-6H2,1-2H3,(H,24,25)(H4,17,18,19)/t7-,8+,9+,11?,12+/m0/s1. The lowest BCUT2D eigenvalue weighted by Crippen LogP contribution is -2.63. The molecule has 2 saturated heterocycles.